The molecule has 0 N–H and O–H groups in total. The van der Waals surface area contributed by atoms with Crippen LogP contribution in [0.25, 0.3) is 0 Å². The summed E-state index contributed by atoms with van der Waals surface area (Å²) in [6.45, 7) is -0.0964. The predicted molar refractivity (Wildman–Crippen MR) is 189 cm³/mol. The molecule has 5 heteroatoms. The Bertz CT molecular complexity index is 1750. The van der Waals surface area contributed by atoms with Gasteiger partial charge >= 0.3 is 0 Å². The van der Waals surface area contributed by atoms with Crippen molar-refractivity contribution in [2.75, 3.05) is 9.80 Å². The van der Waals surface area contributed by atoms with Gasteiger partial charge in [0.25, 0.3) is 6.71 Å². The topological polar surface area (TPSA) is 32.3 Å². The molecule has 0 saturated heterocycles. The van der Waals surface area contributed by atoms with E-state index in [1.165, 1.54) is 5.46 Å². The maximum atomic E-state index is 5.37. The second kappa shape index (κ2) is 13.1. The molecule has 0 amide bonds. The Morgan fingerprint density at radius 1 is 0.378 bits per heavy atom. The maximum absolute atomic E-state index is 5.37. The molecule has 0 aliphatic carbocycles. The summed E-state index contributed by atoms with van der Waals surface area (Å²) in [5, 5.41) is 0. The number of rotatable bonds is 9. The van der Waals surface area contributed by atoms with Crippen LogP contribution in [0, 0.1) is 0 Å². The zero-order chi connectivity index (χ0) is 30.3. The number of nitrogens with zero attached hydrogens (tertiary/aromatic N) is 4. The Hall–Kier alpha value is -5.94. The minimum atomic E-state index is -0.0964. The standard InChI is InChI=1S/C40H31BN4/c1-5-17-32(18-6-1)41(33-19-15-26-37(31-33)45(36-24-11-4-12-25-36)39-28-13-14-30-42-39)38-27-16-29-40(43-38)44(34-20-7-2-8-21-34)35-22-9-3-10-23-35/h1-31H. The molecule has 2 aromatic heterocycles. The largest absolute Gasteiger partial charge is 0.295 e. The van der Waals surface area contributed by atoms with E-state index >= 15 is 0 Å². The molecule has 7 aromatic rings. The van der Waals surface area contributed by atoms with Gasteiger partial charge in [0.05, 0.1) is 0 Å². The van der Waals surface area contributed by atoms with E-state index in [1.807, 2.05) is 42.6 Å². The molecule has 0 fully saturated rings. The van der Waals surface area contributed by atoms with Crippen LogP contribution in [0.2, 0.25) is 0 Å². The van der Waals surface area contributed by atoms with Crippen LogP contribution in [0.15, 0.2) is 188 Å². The van der Waals surface area contributed by atoms with Crippen molar-refractivity contribution in [3.8, 4) is 0 Å². The number of hydrogen-bond acceptors (Lipinski definition) is 4. The molecular formula is C40H31BN4. The molecule has 0 radical (unpaired) electrons. The lowest BCUT2D eigenvalue weighted by molar-refractivity contribution is 1.18. The van der Waals surface area contributed by atoms with Crippen molar-refractivity contribution in [1.29, 1.82) is 0 Å². The van der Waals surface area contributed by atoms with Gasteiger partial charge in [-0.05, 0) is 72.8 Å². The van der Waals surface area contributed by atoms with Gasteiger partial charge in [-0.2, -0.15) is 0 Å². The van der Waals surface area contributed by atoms with Crippen molar-refractivity contribution >= 4 is 57.6 Å². The summed E-state index contributed by atoms with van der Waals surface area (Å²) in [6, 6.07) is 62.9. The van der Waals surface area contributed by atoms with E-state index in [-0.39, 0.29) is 6.71 Å². The van der Waals surface area contributed by atoms with Gasteiger partial charge in [-0.15, -0.1) is 0 Å². The zero-order valence-electron chi connectivity index (χ0n) is 24.8. The average molecular weight is 579 g/mol. The van der Waals surface area contributed by atoms with Crippen LogP contribution in [0.4, 0.5) is 34.4 Å². The molecule has 0 aliphatic rings. The molecule has 0 bridgehead atoms. The van der Waals surface area contributed by atoms with Gasteiger partial charge in [-0.1, -0.05) is 120 Å². The fourth-order valence-electron chi connectivity index (χ4n) is 5.79. The van der Waals surface area contributed by atoms with Crippen LogP contribution in [0.5, 0.6) is 0 Å². The monoisotopic (exact) mass is 578 g/mol. The van der Waals surface area contributed by atoms with E-state index < -0.39 is 0 Å². The first-order valence-corrected chi connectivity index (χ1v) is 15.1. The van der Waals surface area contributed by atoms with Crippen molar-refractivity contribution in [3.63, 3.8) is 0 Å². The summed E-state index contributed by atoms with van der Waals surface area (Å²) < 4.78 is 0. The van der Waals surface area contributed by atoms with Gasteiger partial charge < -0.3 is 0 Å². The van der Waals surface area contributed by atoms with E-state index in [0.29, 0.717) is 0 Å². The summed E-state index contributed by atoms with van der Waals surface area (Å²) in [6.07, 6.45) is 1.84. The third-order valence-electron chi connectivity index (χ3n) is 7.80. The fourth-order valence-corrected chi connectivity index (χ4v) is 5.79. The molecule has 0 atom stereocenters. The van der Waals surface area contributed by atoms with Crippen molar-refractivity contribution in [1.82, 2.24) is 9.97 Å². The third-order valence-corrected chi connectivity index (χ3v) is 7.80. The van der Waals surface area contributed by atoms with Gasteiger partial charge in [-0.25, -0.2) is 9.97 Å². The van der Waals surface area contributed by atoms with E-state index in [0.717, 1.165) is 45.4 Å². The van der Waals surface area contributed by atoms with Gasteiger partial charge in [0.15, 0.2) is 0 Å². The Morgan fingerprint density at radius 3 is 1.42 bits per heavy atom. The Kier molecular flexibility index (Phi) is 8.14. The van der Waals surface area contributed by atoms with Crippen LogP contribution < -0.4 is 26.3 Å². The van der Waals surface area contributed by atoms with Gasteiger partial charge in [0.2, 0.25) is 0 Å². The Morgan fingerprint density at radius 2 is 0.844 bits per heavy atom. The molecular weight excluding hydrogens is 547 g/mol. The molecule has 0 aliphatic heterocycles. The number of aromatic nitrogens is 2. The molecule has 2 heterocycles. The molecule has 5 aromatic carbocycles. The quantitative estimate of drug-likeness (QED) is 0.163. The Labute approximate surface area is 265 Å². The van der Waals surface area contributed by atoms with Gasteiger partial charge in [-0.3, -0.25) is 9.80 Å². The van der Waals surface area contributed by atoms with Gasteiger partial charge in [0, 0.05) is 34.5 Å². The van der Waals surface area contributed by atoms with E-state index in [4.69, 9.17) is 9.97 Å². The highest BCUT2D eigenvalue weighted by atomic mass is 15.2. The van der Waals surface area contributed by atoms with Crippen LogP contribution in [0.3, 0.4) is 0 Å². The molecule has 0 spiro atoms. The molecule has 0 saturated carbocycles. The average Bonchev–Trinajstić information content (AvgIpc) is 3.12. The molecule has 7 rings (SSSR count). The highest BCUT2D eigenvalue weighted by Gasteiger charge is 2.26. The molecule has 45 heavy (non-hydrogen) atoms. The highest BCUT2D eigenvalue weighted by molar-refractivity contribution is 6.95. The lowest BCUT2D eigenvalue weighted by Gasteiger charge is -2.26. The number of para-hydroxylation sites is 3. The summed E-state index contributed by atoms with van der Waals surface area (Å²) in [7, 11) is 0. The van der Waals surface area contributed by atoms with Crippen molar-refractivity contribution in [3.05, 3.63) is 188 Å². The predicted octanol–water partition coefficient (Wildman–Crippen LogP) is 7.93. The summed E-state index contributed by atoms with van der Waals surface area (Å²) in [4.78, 5) is 14.5. The van der Waals surface area contributed by atoms with Crippen LogP contribution >= 0.6 is 0 Å². The first kappa shape index (κ1) is 27.9. The maximum Gasteiger partial charge on any atom is 0.265 e. The van der Waals surface area contributed by atoms with Crippen molar-refractivity contribution < 1.29 is 0 Å². The second-order valence-corrected chi connectivity index (χ2v) is 10.7. The smallest absolute Gasteiger partial charge is 0.265 e. The Balaban J connectivity index is 1.36. The van der Waals surface area contributed by atoms with Crippen molar-refractivity contribution in [2.45, 2.75) is 0 Å². The van der Waals surface area contributed by atoms with Crippen LogP contribution in [-0.2, 0) is 0 Å². The van der Waals surface area contributed by atoms with E-state index in [9.17, 15) is 0 Å². The number of anilines is 6. The summed E-state index contributed by atoms with van der Waals surface area (Å²) in [5.74, 6) is 1.72. The normalized spacial score (nSPS) is 10.7. The second-order valence-electron chi connectivity index (χ2n) is 10.7. The van der Waals surface area contributed by atoms with E-state index in [1.54, 1.807) is 0 Å². The van der Waals surface area contributed by atoms with Crippen molar-refractivity contribution in [2.24, 2.45) is 0 Å². The molecule has 214 valence electrons. The third kappa shape index (κ3) is 6.10. The SMILES string of the molecule is c1ccc(B(c2cccc(N(c3ccccc3)c3ccccn3)c2)c2cccc(N(c3ccccc3)c3ccccc3)n2)cc1. The molecule has 4 nitrogen and oxygen atoms in total. The lowest BCUT2D eigenvalue weighted by atomic mass is 9.38. The minimum Gasteiger partial charge on any atom is -0.295 e. The number of pyridine rings is 2. The van der Waals surface area contributed by atoms with Crippen LogP contribution in [0.1, 0.15) is 0 Å². The number of benzene rings is 5. The zero-order valence-corrected chi connectivity index (χ0v) is 24.8. The van der Waals surface area contributed by atoms with E-state index in [2.05, 4.69) is 155 Å². The number of hydrogen-bond donors (Lipinski definition) is 0. The summed E-state index contributed by atoms with van der Waals surface area (Å²) in [5.41, 5.74) is 7.48. The fraction of sp³-hybridized carbons (Fsp3) is 0. The first-order chi connectivity index (χ1) is 22.3. The van der Waals surface area contributed by atoms with Crippen LogP contribution in [-0.4, -0.2) is 16.7 Å². The summed E-state index contributed by atoms with van der Waals surface area (Å²) >= 11 is 0. The lowest BCUT2D eigenvalue weighted by Crippen LogP contribution is -2.53. The van der Waals surface area contributed by atoms with Gasteiger partial charge in [0.1, 0.15) is 11.6 Å². The highest BCUT2D eigenvalue weighted by Crippen LogP contribution is 2.33. The first-order valence-electron chi connectivity index (χ1n) is 15.1. The minimum absolute atomic E-state index is 0.0964. The molecule has 0 unspecified atom stereocenters.